The Balaban J connectivity index is 1.68. The summed E-state index contributed by atoms with van der Waals surface area (Å²) in [6.45, 7) is 12.1. The number of hydrogen-bond donors (Lipinski definition) is 0. The van der Waals surface area contributed by atoms with Crippen molar-refractivity contribution in [3.05, 3.63) is 95.6 Å². The molecule has 0 aliphatic rings. The van der Waals surface area contributed by atoms with Crippen LogP contribution in [-0.4, -0.2) is 11.6 Å². The van der Waals surface area contributed by atoms with Gasteiger partial charge >= 0.3 is 5.97 Å². The lowest BCUT2D eigenvalue weighted by Crippen LogP contribution is -2.41. The number of rotatable bonds is 7. The van der Waals surface area contributed by atoms with Gasteiger partial charge < -0.3 is 9.47 Å². The van der Waals surface area contributed by atoms with Crippen molar-refractivity contribution < 1.29 is 14.3 Å². The third kappa shape index (κ3) is 5.35. The van der Waals surface area contributed by atoms with E-state index in [0.29, 0.717) is 17.4 Å². The molecule has 0 aliphatic heterocycles. The Morgan fingerprint density at radius 3 is 1.77 bits per heavy atom. The number of benzene rings is 3. The first-order valence-corrected chi connectivity index (χ1v) is 10.8. The molecule has 0 saturated heterocycles. The van der Waals surface area contributed by atoms with Crippen LogP contribution in [0.3, 0.4) is 0 Å². The van der Waals surface area contributed by atoms with Gasteiger partial charge in [0.2, 0.25) is 5.60 Å². The molecule has 0 spiro atoms. The van der Waals surface area contributed by atoms with E-state index >= 15 is 0 Å². The maximum atomic E-state index is 12.7. The molecule has 0 heterocycles. The van der Waals surface area contributed by atoms with E-state index in [1.807, 2.05) is 54.6 Å². The number of carbonyl (C=O) groups excluding carboxylic acids is 1. The fourth-order valence-electron chi connectivity index (χ4n) is 3.45. The van der Waals surface area contributed by atoms with Gasteiger partial charge in [-0.25, -0.2) is 4.79 Å². The molecular weight excluding hydrogens is 384 g/mol. The number of esters is 1. The third-order valence-electron chi connectivity index (χ3n) is 5.69. The summed E-state index contributed by atoms with van der Waals surface area (Å²) in [7, 11) is 0. The minimum absolute atomic E-state index is 0.129. The van der Waals surface area contributed by atoms with E-state index in [-0.39, 0.29) is 5.41 Å². The van der Waals surface area contributed by atoms with Gasteiger partial charge in [0.15, 0.2) is 0 Å². The van der Waals surface area contributed by atoms with Crippen LogP contribution >= 0.6 is 0 Å². The zero-order valence-electron chi connectivity index (χ0n) is 19.3. The largest absolute Gasteiger partial charge is 0.476 e. The molecule has 0 aliphatic carbocycles. The lowest BCUT2D eigenvalue weighted by atomic mass is 9.78. The molecule has 162 valence electrons. The predicted molar refractivity (Wildman–Crippen MR) is 126 cm³/mol. The average molecular weight is 417 g/mol. The van der Waals surface area contributed by atoms with Gasteiger partial charge in [0, 0.05) is 5.41 Å². The second-order valence-electron chi connectivity index (χ2n) is 9.24. The molecule has 0 saturated carbocycles. The molecule has 0 bridgehead atoms. The van der Waals surface area contributed by atoms with Crippen molar-refractivity contribution in [1.29, 1.82) is 0 Å². The molecule has 3 heteroatoms. The van der Waals surface area contributed by atoms with Crippen molar-refractivity contribution in [2.75, 3.05) is 0 Å². The molecule has 0 amide bonds. The van der Waals surface area contributed by atoms with Gasteiger partial charge in [-0.15, -0.1) is 0 Å². The van der Waals surface area contributed by atoms with Crippen molar-refractivity contribution in [2.24, 2.45) is 0 Å². The fourth-order valence-corrected chi connectivity index (χ4v) is 3.45. The minimum atomic E-state index is -1.12. The van der Waals surface area contributed by atoms with Crippen LogP contribution in [0, 0.1) is 0 Å². The molecule has 0 aromatic heterocycles. The van der Waals surface area contributed by atoms with Gasteiger partial charge in [-0.05, 0) is 60.7 Å². The first-order valence-electron chi connectivity index (χ1n) is 10.8. The molecule has 3 aromatic carbocycles. The number of carbonyl (C=O) groups is 1. The zero-order valence-corrected chi connectivity index (χ0v) is 19.3. The smallest absolute Gasteiger partial charge is 0.355 e. The maximum absolute atomic E-state index is 12.7. The highest BCUT2D eigenvalue weighted by atomic mass is 16.6. The van der Waals surface area contributed by atoms with E-state index in [2.05, 4.69) is 52.0 Å². The van der Waals surface area contributed by atoms with E-state index in [0.717, 1.165) is 0 Å². The van der Waals surface area contributed by atoms with Crippen LogP contribution in [0.2, 0.25) is 0 Å². The Bertz CT molecular complexity index is 998. The molecule has 3 nitrogen and oxygen atoms in total. The van der Waals surface area contributed by atoms with Crippen LogP contribution in [0.4, 0.5) is 0 Å². The monoisotopic (exact) mass is 416 g/mol. The Morgan fingerprint density at radius 1 is 0.710 bits per heavy atom. The molecule has 0 fully saturated rings. The Kier molecular flexibility index (Phi) is 6.54. The summed E-state index contributed by atoms with van der Waals surface area (Å²) in [5.74, 6) is 1.15. The number of ether oxygens (including phenoxy) is 2. The van der Waals surface area contributed by atoms with Gasteiger partial charge in [0.25, 0.3) is 0 Å². The van der Waals surface area contributed by atoms with Crippen LogP contribution in [0.1, 0.15) is 64.2 Å². The normalized spacial score (nSPS) is 12.0. The molecule has 0 unspecified atom stereocenters. The molecule has 31 heavy (non-hydrogen) atoms. The standard InChI is InChI=1S/C28H32O3/c1-20(2)21-12-16-24(17-13-21)30-26(29)28(5,6)31-25-18-14-23(15-19-25)27(3,4)22-10-8-7-9-11-22/h7-20H,1-6H3. The summed E-state index contributed by atoms with van der Waals surface area (Å²) in [5.41, 5.74) is 2.38. The van der Waals surface area contributed by atoms with Gasteiger partial charge in [-0.1, -0.05) is 82.3 Å². The summed E-state index contributed by atoms with van der Waals surface area (Å²) in [4.78, 5) is 12.7. The minimum Gasteiger partial charge on any atom is -0.476 e. The number of hydrogen-bond acceptors (Lipinski definition) is 3. The zero-order chi connectivity index (χ0) is 22.6. The van der Waals surface area contributed by atoms with Crippen LogP contribution in [0.25, 0.3) is 0 Å². The van der Waals surface area contributed by atoms with Gasteiger partial charge in [0.05, 0.1) is 0 Å². The van der Waals surface area contributed by atoms with Gasteiger partial charge in [-0.2, -0.15) is 0 Å². The Morgan fingerprint density at radius 2 is 1.23 bits per heavy atom. The average Bonchev–Trinajstić information content (AvgIpc) is 2.75. The molecule has 3 rings (SSSR count). The van der Waals surface area contributed by atoms with Crippen LogP contribution in [0.5, 0.6) is 11.5 Å². The van der Waals surface area contributed by atoms with Crippen molar-refractivity contribution in [3.8, 4) is 11.5 Å². The van der Waals surface area contributed by atoms with Gasteiger partial charge in [0.1, 0.15) is 11.5 Å². The Hall–Kier alpha value is -3.07. The first-order chi connectivity index (χ1) is 14.6. The van der Waals surface area contributed by atoms with Crippen molar-refractivity contribution in [2.45, 2.75) is 58.5 Å². The highest BCUT2D eigenvalue weighted by Crippen LogP contribution is 2.33. The second-order valence-corrected chi connectivity index (χ2v) is 9.24. The quantitative estimate of drug-likeness (QED) is 0.310. The second kappa shape index (κ2) is 8.97. The van der Waals surface area contributed by atoms with Crippen LogP contribution < -0.4 is 9.47 Å². The first kappa shape index (κ1) is 22.6. The third-order valence-corrected chi connectivity index (χ3v) is 5.69. The van der Waals surface area contributed by atoms with Crippen molar-refractivity contribution in [3.63, 3.8) is 0 Å². The lowest BCUT2D eigenvalue weighted by molar-refractivity contribution is -0.149. The lowest BCUT2D eigenvalue weighted by Gasteiger charge is -2.27. The van der Waals surface area contributed by atoms with E-state index in [1.165, 1.54) is 16.7 Å². The molecule has 0 N–H and O–H groups in total. The molecular formula is C28H32O3. The summed E-state index contributed by atoms with van der Waals surface area (Å²) in [5, 5.41) is 0. The highest BCUT2D eigenvalue weighted by molar-refractivity contribution is 5.81. The molecule has 3 aromatic rings. The van der Waals surface area contributed by atoms with E-state index < -0.39 is 11.6 Å². The summed E-state index contributed by atoms with van der Waals surface area (Å²) in [6, 6.07) is 25.9. The molecule has 0 radical (unpaired) electrons. The van der Waals surface area contributed by atoms with E-state index in [9.17, 15) is 4.79 Å². The summed E-state index contributed by atoms with van der Waals surface area (Å²) < 4.78 is 11.6. The summed E-state index contributed by atoms with van der Waals surface area (Å²) >= 11 is 0. The molecule has 0 atom stereocenters. The summed E-state index contributed by atoms with van der Waals surface area (Å²) in [6.07, 6.45) is 0. The van der Waals surface area contributed by atoms with Crippen molar-refractivity contribution >= 4 is 5.97 Å². The van der Waals surface area contributed by atoms with Crippen LogP contribution in [-0.2, 0) is 10.2 Å². The van der Waals surface area contributed by atoms with Crippen molar-refractivity contribution in [1.82, 2.24) is 0 Å². The predicted octanol–water partition coefficient (Wildman–Crippen LogP) is 6.90. The van der Waals surface area contributed by atoms with Gasteiger partial charge in [-0.3, -0.25) is 0 Å². The Labute approximate surface area is 186 Å². The van der Waals surface area contributed by atoms with E-state index in [4.69, 9.17) is 9.47 Å². The van der Waals surface area contributed by atoms with E-state index in [1.54, 1.807) is 13.8 Å². The fraction of sp³-hybridized carbons (Fsp3) is 0.321. The maximum Gasteiger partial charge on any atom is 0.355 e. The van der Waals surface area contributed by atoms with Crippen LogP contribution in [0.15, 0.2) is 78.9 Å². The topological polar surface area (TPSA) is 35.5 Å². The highest BCUT2D eigenvalue weighted by Gasteiger charge is 2.33. The SMILES string of the molecule is CC(C)c1ccc(OC(=O)C(C)(C)Oc2ccc(C(C)(C)c3ccccc3)cc2)cc1.